The number of rotatable bonds is 7. The number of carbonyl (C=O) groups excluding carboxylic acids is 3. The van der Waals surface area contributed by atoms with Crippen LogP contribution in [-0.4, -0.2) is 47.0 Å². The SMILES string of the molecule is C[C@@H]1NC(=O)[C@H](CCCCNC(=O)OC(C)(C)C)N(Cc2ccccc2)C1=O. The predicted octanol–water partition coefficient (Wildman–Crippen LogP) is 2.60. The van der Waals surface area contributed by atoms with E-state index in [2.05, 4.69) is 10.6 Å². The van der Waals surface area contributed by atoms with Crippen LogP contribution in [0.15, 0.2) is 30.3 Å². The lowest BCUT2D eigenvalue weighted by Gasteiger charge is -2.38. The van der Waals surface area contributed by atoms with E-state index in [1.807, 2.05) is 51.1 Å². The lowest BCUT2D eigenvalue weighted by atomic mass is 10.0. The molecule has 1 aliphatic rings. The van der Waals surface area contributed by atoms with Crippen LogP contribution < -0.4 is 10.6 Å². The molecular weight excluding hydrogens is 358 g/mol. The molecule has 0 aromatic heterocycles. The molecule has 28 heavy (non-hydrogen) atoms. The maximum absolute atomic E-state index is 12.6. The standard InChI is InChI=1S/C21H31N3O4/c1-15-19(26)24(14-16-10-6-5-7-11-16)17(18(25)23-15)12-8-9-13-22-20(27)28-21(2,3)4/h5-7,10-11,15,17H,8-9,12-14H2,1-4H3,(H,22,27)(H,23,25)/t15-,17-/m0/s1. The van der Waals surface area contributed by atoms with Gasteiger partial charge in [0.25, 0.3) is 0 Å². The Labute approximate surface area is 166 Å². The van der Waals surface area contributed by atoms with Crippen LogP contribution in [0, 0.1) is 0 Å². The van der Waals surface area contributed by atoms with Gasteiger partial charge in [-0.15, -0.1) is 0 Å². The molecule has 2 atom stereocenters. The third-order valence-corrected chi connectivity index (χ3v) is 4.46. The molecule has 1 heterocycles. The molecule has 2 rings (SSSR count). The molecule has 0 spiro atoms. The Balaban J connectivity index is 1.87. The van der Waals surface area contributed by atoms with Crippen molar-refractivity contribution in [2.24, 2.45) is 0 Å². The van der Waals surface area contributed by atoms with Crippen molar-refractivity contribution < 1.29 is 19.1 Å². The highest BCUT2D eigenvalue weighted by Gasteiger charge is 2.37. The molecule has 1 aromatic rings. The average molecular weight is 389 g/mol. The van der Waals surface area contributed by atoms with Crippen LogP contribution in [0.4, 0.5) is 4.79 Å². The zero-order valence-corrected chi connectivity index (χ0v) is 17.2. The number of carbonyl (C=O) groups is 3. The van der Waals surface area contributed by atoms with Gasteiger partial charge in [0.1, 0.15) is 17.7 Å². The van der Waals surface area contributed by atoms with E-state index in [0.29, 0.717) is 32.4 Å². The Hall–Kier alpha value is -2.57. The summed E-state index contributed by atoms with van der Waals surface area (Å²) in [6.45, 7) is 8.03. The molecule has 7 heteroatoms. The predicted molar refractivity (Wildman–Crippen MR) is 106 cm³/mol. The summed E-state index contributed by atoms with van der Waals surface area (Å²) in [5.74, 6) is -0.191. The highest BCUT2D eigenvalue weighted by molar-refractivity contribution is 5.96. The third-order valence-electron chi connectivity index (χ3n) is 4.46. The first-order valence-electron chi connectivity index (χ1n) is 9.79. The lowest BCUT2D eigenvalue weighted by molar-refractivity contribution is -0.149. The van der Waals surface area contributed by atoms with Crippen LogP contribution in [-0.2, 0) is 20.9 Å². The molecule has 0 saturated carbocycles. The number of benzene rings is 1. The summed E-state index contributed by atoms with van der Waals surface area (Å²) in [6, 6.07) is 8.66. The topological polar surface area (TPSA) is 87.7 Å². The lowest BCUT2D eigenvalue weighted by Crippen LogP contribution is -2.61. The second-order valence-corrected chi connectivity index (χ2v) is 8.12. The summed E-state index contributed by atoms with van der Waals surface area (Å²) in [7, 11) is 0. The summed E-state index contributed by atoms with van der Waals surface area (Å²) in [4.78, 5) is 38.4. The van der Waals surface area contributed by atoms with Crippen molar-refractivity contribution >= 4 is 17.9 Å². The summed E-state index contributed by atoms with van der Waals surface area (Å²) < 4.78 is 5.19. The van der Waals surface area contributed by atoms with Crippen LogP contribution >= 0.6 is 0 Å². The van der Waals surface area contributed by atoms with Gasteiger partial charge in [-0.2, -0.15) is 0 Å². The molecule has 0 unspecified atom stereocenters. The number of hydrogen-bond donors (Lipinski definition) is 2. The molecule has 0 bridgehead atoms. The number of alkyl carbamates (subject to hydrolysis) is 1. The second-order valence-electron chi connectivity index (χ2n) is 8.12. The van der Waals surface area contributed by atoms with Crippen molar-refractivity contribution in [3.63, 3.8) is 0 Å². The van der Waals surface area contributed by atoms with Crippen LogP contribution in [0.2, 0.25) is 0 Å². The molecule has 2 N–H and O–H groups in total. The third kappa shape index (κ3) is 6.55. The van der Waals surface area contributed by atoms with E-state index in [1.54, 1.807) is 11.8 Å². The number of amides is 3. The van der Waals surface area contributed by atoms with Crippen LogP contribution in [0.5, 0.6) is 0 Å². The fourth-order valence-electron chi connectivity index (χ4n) is 3.14. The van der Waals surface area contributed by atoms with Gasteiger partial charge < -0.3 is 20.3 Å². The smallest absolute Gasteiger partial charge is 0.407 e. The molecule has 0 radical (unpaired) electrons. The molecule has 1 saturated heterocycles. The highest BCUT2D eigenvalue weighted by atomic mass is 16.6. The van der Waals surface area contributed by atoms with Gasteiger partial charge >= 0.3 is 6.09 Å². The molecule has 1 aromatic carbocycles. The van der Waals surface area contributed by atoms with Gasteiger partial charge in [0, 0.05) is 13.1 Å². The first-order valence-corrected chi connectivity index (χ1v) is 9.79. The van der Waals surface area contributed by atoms with Crippen LogP contribution in [0.25, 0.3) is 0 Å². The molecular formula is C21H31N3O4. The summed E-state index contributed by atoms with van der Waals surface area (Å²) in [5, 5.41) is 5.47. The molecule has 7 nitrogen and oxygen atoms in total. The zero-order chi connectivity index (χ0) is 20.7. The van der Waals surface area contributed by atoms with Gasteiger partial charge in [-0.3, -0.25) is 9.59 Å². The number of nitrogens with zero attached hydrogens (tertiary/aromatic N) is 1. The van der Waals surface area contributed by atoms with E-state index < -0.39 is 23.8 Å². The minimum Gasteiger partial charge on any atom is -0.444 e. The van der Waals surface area contributed by atoms with Crippen LogP contribution in [0.3, 0.4) is 0 Å². The van der Waals surface area contributed by atoms with Gasteiger partial charge in [0.15, 0.2) is 0 Å². The van der Waals surface area contributed by atoms with Crippen molar-refractivity contribution in [3.05, 3.63) is 35.9 Å². The monoisotopic (exact) mass is 389 g/mol. The molecule has 3 amide bonds. The minimum atomic E-state index is -0.529. The van der Waals surface area contributed by atoms with Crippen molar-refractivity contribution in [3.8, 4) is 0 Å². The molecule has 1 aliphatic heterocycles. The Kier molecular flexibility index (Phi) is 7.43. The Bertz CT molecular complexity index is 685. The number of piperazine rings is 1. The minimum absolute atomic E-state index is 0.0691. The van der Waals surface area contributed by atoms with Crippen molar-refractivity contribution in [1.82, 2.24) is 15.5 Å². The zero-order valence-electron chi connectivity index (χ0n) is 17.2. The van der Waals surface area contributed by atoms with E-state index in [1.165, 1.54) is 0 Å². The van der Waals surface area contributed by atoms with Crippen molar-refractivity contribution in [1.29, 1.82) is 0 Å². The van der Waals surface area contributed by atoms with Gasteiger partial charge in [-0.25, -0.2) is 4.79 Å². The second kappa shape index (κ2) is 9.57. The fourth-order valence-corrected chi connectivity index (χ4v) is 3.14. The summed E-state index contributed by atoms with van der Waals surface area (Å²) >= 11 is 0. The maximum atomic E-state index is 12.6. The highest BCUT2D eigenvalue weighted by Crippen LogP contribution is 2.19. The number of hydrogen-bond acceptors (Lipinski definition) is 4. The first-order chi connectivity index (χ1) is 13.2. The van der Waals surface area contributed by atoms with E-state index in [9.17, 15) is 14.4 Å². The van der Waals surface area contributed by atoms with E-state index in [4.69, 9.17) is 4.74 Å². The van der Waals surface area contributed by atoms with E-state index in [0.717, 1.165) is 5.56 Å². The molecule has 1 fully saturated rings. The van der Waals surface area contributed by atoms with Gasteiger partial charge in [0.05, 0.1) is 0 Å². The fraction of sp³-hybridized carbons (Fsp3) is 0.571. The number of ether oxygens (including phenoxy) is 1. The number of unbranched alkanes of at least 4 members (excludes halogenated alkanes) is 1. The molecule has 0 aliphatic carbocycles. The quantitative estimate of drug-likeness (QED) is 0.702. The van der Waals surface area contributed by atoms with E-state index >= 15 is 0 Å². The Morgan fingerprint density at radius 2 is 1.86 bits per heavy atom. The summed E-state index contributed by atoms with van der Waals surface area (Å²) in [6.07, 6.45) is 1.51. The van der Waals surface area contributed by atoms with Gasteiger partial charge in [0.2, 0.25) is 11.8 Å². The van der Waals surface area contributed by atoms with E-state index in [-0.39, 0.29) is 11.8 Å². The van der Waals surface area contributed by atoms with Crippen LogP contribution in [0.1, 0.15) is 52.5 Å². The average Bonchev–Trinajstić information content (AvgIpc) is 2.60. The Morgan fingerprint density at radius 3 is 2.50 bits per heavy atom. The van der Waals surface area contributed by atoms with Crippen molar-refractivity contribution in [2.75, 3.05) is 6.54 Å². The van der Waals surface area contributed by atoms with Crippen molar-refractivity contribution in [2.45, 2.75) is 71.2 Å². The summed E-state index contributed by atoms with van der Waals surface area (Å²) in [5.41, 5.74) is 0.466. The normalized spacial score (nSPS) is 19.9. The van der Waals surface area contributed by atoms with Gasteiger partial charge in [-0.05, 0) is 52.5 Å². The number of nitrogens with one attached hydrogen (secondary N) is 2. The largest absolute Gasteiger partial charge is 0.444 e. The molecule has 154 valence electrons. The maximum Gasteiger partial charge on any atom is 0.407 e. The Morgan fingerprint density at radius 1 is 1.18 bits per heavy atom. The first kappa shape index (κ1) is 21.7. The van der Waals surface area contributed by atoms with Gasteiger partial charge in [-0.1, -0.05) is 30.3 Å².